The molecule has 3 aromatic heterocycles. The van der Waals surface area contributed by atoms with Gasteiger partial charge in [-0.1, -0.05) is 0 Å². The lowest BCUT2D eigenvalue weighted by atomic mass is 10.2. The number of nitrogens with zero attached hydrogens (tertiary/aromatic N) is 1. The normalized spacial score (nSPS) is 11.1. The number of anilines is 2. The number of fused-ring (bicyclic) bond motifs is 2. The number of rotatable bonds is 3. The molecule has 4 nitrogen and oxygen atoms in total. The Kier molecular flexibility index (Phi) is 2.94. The molecule has 0 saturated heterocycles. The molecule has 1 aromatic carbocycles. The van der Waals surface area contributed by atoms with Gasteiger partial charge in [0.25, 0.3) is 0 Å². The van der Waals surface area contributed by atoms with Gasteiger partial charge in [-0.15, -0.1) is 11.3 Å². The molecule has 0 amide bonds. The van der Waals surface area contributed by atoms with E-state index < -0.39 is 0 Å². The number of pyridine rings is 1. The number of aryl methyl sites for hydroxylation is 1. The summed E-state index contributed by atoms with van der Waals surface area (Å²) in [6.45, 7) is 2.05. The molecular weight excluding hydrogens is 294 g/mol. The van der Waals surface area contributed by atoms with Gasteiger partial charge in [0.05, 0.1) is 20.8 Å². The number of nitrogens with one attached hydrogen (secondary N) is 2. The number of hydrogen-bond acceptors (Lipinski definition) is 4. The highest BCUT2D eigenvalue weighted by Crippen LogP contribution is 2.32. The lowest BCUT2D eigenvalue weighted by Crippen LogP contribution is -1.90. The van der Waals surface area contributed by atoms with Crippen LogP contribution in [0.2, 0.25) is 0 Å². The van der Waals surface area contributed by atoms with Gasteiger partial charge in [0.1, 0.15) is 0 Å². The average Bonchev–Trinajstić information content (AvgIpc) is 3.09. The molecule has 0 saturated carbocycles. The second kappa shape index (κ2) is 4.96. The molecule has 0 fully saturated rings. The number of aromatic amines is 1. The summed E-state index contributed by atoms with van der Waals surface area (Å²) in [4.78, 5) is 19.3. The zero-order valence-electron chi connectivity index (χ0n) is 11.9. The summed E-state index contributed by atoms with van der Waals surface area (Å²) in [7, 11) is 0. The van der Waals surface area contributed by atoms with E-state index in [4.69, 9.17) is 0 Å². The van der Waals surface area contributed by atoms with Crippen LogP contribution in [-0.4, -0.2) is 16.3 Å². The first-order valence-electron chi connectivity index (χ1n) is 6.93. The van der Waals surface area contributed by atoms with Crippen LogP contribution in [0, 0.1) is 6.92 Å². The topological polar surface area (TPSA) is 57.8 Å². The smallest absolute Gasteiger partial charge is 0.160 e. The molecule has 22 heavy (non-hydrogen) atoms. The zero-order valence-corrected chi connectivity index (χ0v) is 12.7. The van der Waals surface area contributed by atoms with E-state index in [0.29, 0.717) is 4.88 Å². The summed E-state index contributed by atoms with van der Waals surface area (Å²) >= 11 is 1.45. The summed E-state index contributed by atoms with van der Waals surface area (Å²) in [6, 6.07) is 12.1. The molecule has 108 valence electrons. The van der Waals surface area contributed by atoms with E-state index in [1.807, 2.05) is 25.1 Å². The molecule has 0 aliphatic heterocycles. The van der Waals surface area contributed by atoms with E-state index in [9.17, 15) is 4.79 Å². The van der Waals surface area contributed by atoms with Gasteiger partial charge in [-0.05, 0) is 43.3 Å². The molecule has 0 radical (unpaired) electrons. The zero-order chi connectivity index (χ0) is 15.1. The lowest BCUT2D eigenvalue weighted by molar-refractivity contribution is 0.112. The van der Waals surface area contributed by atoms with Crippen LogP contribution in [0.4, 0.5) is 11.4 Å². The van der Waals surface area contributed by atoms with Gasteiger partial charge in [-0.25, -0.2) is 0 Å². The van der Waals surface area contributed by atoms with Crippen molar-refractivity contribution in [3.05, 3.63) is 53.2 Å². The van der Waals surface area contributed by atoms with Crippen LogP contribution in [0.3, 0.4) is 0 Å². The Hall–Kier alpha value is -2.66. The number of aldehydes is 1. The van der Waals surface area contributed by atoms with Crippen LogP contribution in [0.25, 0.3) is 21.1 Å². The van der Waals surface area contributed by atoms with Gasteiger partial charge in [0, 0.05) is 28.5 Å². The molecule has 4 aromatic rings. The van der Waals surface area contributed by atoms with Crippen molar-refractivity contribution in [3.8, 4) is 0 Å². The van der Waals surface area contributed by atoms with Crippen molar-refractivity contribution in [2.75, 3.05) is 5.32 Å². The van der Waals surface area contributed by atoms with Gasteiger partial charge in [-0.3, -0.25) is 9.78 Å². The number of benzene rings is 1. The first-order chi connectivity index (χ1) is 10.7. The van der Waals surface area contributed by atoms with Crippen molar-refractivity contribution in [1.82, 2.24) is 9.97 Å². The minimum Gasteiger partial charge on any atom is -0.359 e. The van der Waals surface area contributed by atoms with E-state index in [1.54, 1.807) is 6.20 Å². The fraction of sp³-hybridized carbons (Fsp3) is 0.0588. The van der Waals surface area contributed by atoms with Crippen molar-refractivity contribution in [2.45, 2.75) is 6.92 Å². The van der Waals surface area contributed by atoms with Crippen molar-refractivity contribution in [2.24, 2.45) is 0 Å². The van der Waals surface area contributed by atoms with Gasteiger partial charge in [-0.2, -0.15) is 0 Å². The summed E-state index contributed by atoms with van der Waals surface area (Å²) < 4.78 is 0.995. The molecule has 0 aliphatic carbocycles. The van der Waals surface area contributed by atoms with Crippen LogP contribution < -0.4 is 5.32 Å². The monoisotopic (exact) mass is 307 g/mol. The van der Waals surface area contributed by atoms with Crippen LogP contribution in [0.15, 0.2) is 42.6 Å². The summed E-state index contributed by atoms with van der Waals surface area (Å²) in [5.41, 5.74) is 5.10. The van der Waals surface area contributed by atoms with Crippen LogP contribution in [0.5, 0.6) is 0 Å². The van der Waals surface area contributed by atoms with Crippen molar-refractivity contribution < 1.29 is 4.79 Å². The molecule has 0 atom stereocenters. The Morgan fingerprint density at radius 3 is 3.00 bits per heavy atom. The molecule has 0 aliphatic rings. The average molecular weight is 307 g/mol. The van der Waals surface area contributed by atoms with E-state index in [2.05, 4.69) is 33.5 Å². The van der Waals surface area contributed by atoms with E-state index in [1.165, 1.54) is 16.7 Å². The minimum atomic E-state index is 0.688. The Labute approximate surface area is 130 Å². The Morgan fingerprint density at radius 1 is 1.23 bits per heavy atom. The predicted molar refractivity (Wildman–Crippen MR) is 91.3 cm³/mol. The maximum atomic E-state index is 11.0. The Morgan fingerprint density at radius 2 is 2.14 bits per heavy atom. The molecule has 0 bridgehead atoms. The van der Waals surface area contributed by atoms with Gasteiger partial charge in [0.2, 0.25) is 0 Å². The maximum Gasteiger partial charge on any atom is 0.160 e. The fourth-order valence-electron chi connectivity index (χ4n) is 2.62. The summed E-state index contributed by atoms with van der Waals surface area (Å²) in [6.07, 6.45) is 2.62. The SMILES string of the molecule is Cc1cc2cc(Nc3ccnc4cc(C=O)sc34)ccc2[nH]1. The van der Waals surface area contributed by atoms with Gasteiger partial charge in [0.15, 0.2) is 6.29 Å². The third kappa shape index (κ3) is 2.16. The van der Waals surface area contributed by atoms with Crippen molar-refractivity contribution in [3.63, 3.8) is 0 Å². The first kappa shape index (κ1) is 13.0. The standard InChI is InChI=1S/C17H13N3OS/c1-10-6-11-7-12(2-3-14(11)19-10)20-15-4-5-18-16-8-13(9-21)22-17(15)16/h2-9,19H,1H3,(H,18,20). The third-order valence-electron chi connectivity index (χ3n) is 3.58. The largest absolute Gasteiger partial charge is 0.359 e. The van der Waals surface area contributed by atoms with Crippen LogP contribution >= 0.6 is 11.3 Å². The minimum absolute atomic E-state index is 0.688. The molecule has 0 unspecified atom stereocenters. The fourth-order valence-corrected chi connectivity index (χ4v) is 3.52. The number of carbonyl (C=O) groups is 1. The summed E-state index contributed by atoms with van der Waals surface area (Å²) in [5, 5.41) is 4.60. The first-order valence-corrected chi connectivity index (χ1v) is 7.75. The molecule has 0 spiro atoms. The summed E-state index contributed by atoms with van der Waals surface area (Å²) in [5.74, 6) is 0. The number of aromatic nitrogens is 2. The van der Waals surface area contributed by atoms with Gasteiger partial charge >= 0.3 is 0 Å². The van der Waals surface area contributed by atoms with Crippen molar-refractivity contribution >= 4 is 50.1 Å². The highest BCUT2D eigenvalue weighted by atomic mass is 32.1. The van der Waals surface area contributed by atoms with E-state index in [0.717, 1.165) is 39.1 Å². The van der Waals surface area contributed by atoms with Crippen molar-refractivity contribution in [1.29, 1.82) is 0 Å². The quantitative estimate of drug-likeness (QED) is 0.542. The van der Waals surface area contributed by atoms with E-state index >= 15 is 0 Å². The number of thiophene rings is 1. The second-order valence-electron chi connectivity index (χ2n) is 5.22. The highest BCUT2D eigenvalue weighted by molar-refractivity contribution is 7.21. The second-order valence-corrected chi connectivity index (χ2v) is 6.30. The number of carbonyl (C=O) groups excluding carboxylic acids is 1. The Bertz CT molecular complexity index is 1000. The molecule has 4 rings (SSSR count). The van der Waals surface area contributed by atoms with Crippen LogP contribution in [-0.2, 0) is 0 Å². The van der Waals surface area contributed by atoms with Crippen LogP contribution in [0.1, 0.15) is 15.4 Å². The lowest BCUT2D eigenvalue weighted by Gasteiger charge is -2.07. The highest BCUT2D eigenvalue weighted by Gasteiger charge is 2.08. The Balaban J connectivity index is 1.77. The third-order valence-corrected chi connectivity index (χ3v) is 4.66. The van der Waals surface area contributed by atoms with Gasteiger partial charge < -0.3 is 10.3 Å². The number of H-pyrrole nitrogens is 1. The molecule has 3 heterocycles. The molecule has 2 N–H and O–H groups in total. The molecular formula is C17H13N3OS. The number of hydrogen-bond donors (Lipinski definition) is 2. The molecule has 5 heteroatoms. The maximum absolute atomic E-state index is 11.0. The predicted octanol–water partition coefficient (Wildman–Crippen LogP) is 4.64. The van der Waals surface area contributed by atoms with E-state index in [-0.39, 0.29) is 0 Å².